The standard InChI is InChI=1S/C87H146O17P2/c1-5-9-13-17-21-25-29-33-36-38-40-42-45-49-53-57-61-65-69-73-86(91)103-82(77-97-84(89)71-67-63-59-55-51-47-32-28-24-20-16-12-8-4)79-101-105(93,94)99-75-81(88)76-100-106(95,96)102-80-83(78-98-85(90)72-68-64-60-56-52-48-44-35-31-27-23-19-15-11-7-3)104-87(92)74-70-66-62-58-54-50-46-43-41-39-37-34-30-26-22-18-14-10-6-2/h9-10,13-14,21-22,25-26,33-34,36-37,40-43,49-50,53-54,61-62,65-66,81-83,88H,5-8,11-12,15-20,23-24,27-32,35,38-39,44-48,51-52,55-60,63-64,67-80H2,1-4H3,(H,93,94)(H,95,96)/b13-9-,14-10-,25-21-,26-22-,36-33-,37-34-,42-40-,43-41-,53-49-,54-50-,65-61-,66-62-/t81-,82+,83+/m0/s1. The van der Waals surface area contributed by atoms with Crippen molar-refractivity contribution in [1.82, 2.24) is 0 Å². The molecule has 606 valence electrons. The van der Waals surface area contributed by atoms with Crippen LogP contribution in [0.25, 0.3) is 0 Å². The Balaban J connectivity index is 5.49. The SMILES string of the molecule is CC/C=C\C/C=C\C/C=C\C/C=C\C/C=C\C/C=C\CCC(=O)O[C@H](COC(=O)CCCCCCCCCCCCCCC)COP(=O)(O)OC[C@H](O)COP(=O)(O)OC[C@@H](COC(=O)CCCCCCCCCCCCCCCCC)OC(=O)CC/C=C\C/C=C\C/C=C\C/C=C\C/C=C\C/C=C\CC. The quantitative estimate of drug-likeness (QED) is 0.0169. The van der Waals surface area contributed by atoms with Crippen molar-refractivity contribution in [2.75, 3.05) is 39.6 Å². The van der Waals surface area contributed by atoms with E-state index in [0.29, 0.717) is 38.5 Å². The van der Waals surface area contributed by atoms with Crippen molar-refractivity contribution in [3.05, 3.63) is 146 Å². The molecule has 0 aliphatic carbocycles. The first-order valence-electron chi connectivity index (χ1n) is 41.1. The molecule has 0 spiro atoms. The molecule has 3 N–H and O–H groups in total. The van der Waals surface area contributed by atoms with Crippen LogP contribution in [-0.4, -0.2) is 96.7 Å². The van der Waals surface area contributed by atoms with E-state index in [4.69, 9.17) is 37.0 Å². The number of aliphatic hydroxyl groups is 1. The lowest BCUT2D eigenvalue weighted by atomic mass is 10.0. The van der Waals surface area contributed by atoms with Gasteiger partial charge in [-0.15, -0.1) is 0 Å². The monoisotopic (exact) mass is 1530 g/mol. The Morgan fingerprint density at radius 2 is 0.491 bits per heavy atom. The Morgan fingerprint density at radius 1 is 0.274 bits per heavy atom. The molecule has 0 aromatic heterocycles. The lowest BCUT2D eigenvalue weighted by Gasteiger charge is -2.21. The minimum atomic E-state index is -5.01. The second-order valence-electron chi connectivity index (χ2n) is 27.0. The van der Waals surface area contributed by atoms with E-state index < -0.39 is 97.5 Å². The Kier molecular flexibility index (Phi) is 74.3. The molecule has 0 aromatic carbocycles. The maximum atomic E-state index is 13.1. The molecule has 0 aliphatic rings. The van der Waals surface area contributed by atoms with Crippen molar-refractivity contribution in [3.8, 4) is 0 Å². The molecular weight excluding hydrogens is 1380 g/mol. The molecule has 19 heteroatoms. The largest absolute Gasteiger partial charge is 0.472 e. The molecule has 0 fully saturated rings. The van der Waals surface area contributed by atoms with Gasteiger partial charge in [0, 0.05) is 25.7 Å². The number of phosphoric acid groups is 2. The lowest BCUT2D eigenvalue weighted by molar-refractivity contribution is -0.161. The van der Waals surface area contributed by atoms with E-state index in [-0.39, 0.29) is 25.7 Å². The molecule has 0 saturated carbocycles. The summed E-state index contributed by atoms with van der Waals surface area (Å²) >= 11 is 0. The van der Waals surface area contributed by atoms with Gasteiger partial charge in [-0.2, -0.15) is 0 Å². The molecule has 0 rings (SSSR count). The van der Waals surface area contributed by atoms with E-state index in [0.717, 1.165) is 116 Å². The molecule has 0 amide bonds. The number of allylic oxidation sites excluding steroid dienone is 24. The summed E-state index contributed by atoms with van der Waals surface area (Å²) in [6.07, 6.45) is 90.0. The molecule has 5 atom stereocenters. The molecule has 0 aliphatic heterocycles. The number of ether oxygens (including phenoxy) is 4. The summed E-state index contributed by atoms with van der Waals surface area (Å²) in [7, 11) is -10.0. The highest BCUT2D eigenvalue weighted by Crippen LogP contribution is 2.45. The topological polar surface area (TPSA) is 237 Å². The van der Waals surface area contributed by atoms with Gasteiger partial charge in [0.1, 0.15) is 19.3 Å². The van der Waals surface area contributed by atoms with Gasteiger partial charge >= 0.3 is 39.5 Å². The fourth-order valence-electron chi connectivity index (χ4n) is 10.7. The first kappa shape index (κ1) is 101. The molecular formula is C87H146O17P2. The highest BCUT2D eigenvalue weighted by Gasteiger charge is 2.30. The normalized spacial score (nSPS) is 14.6. The minimum Gasteiger partial charge on any atom is -0.462 e. The molecule has 0 bridgehead atoms. The van der Waals surface area contributed by atoms with Crippen LogP contribution in [0, 0.1) is 0 Å². The zero-order chi connectivity index (χ0) is 77.4. The first-order chi connectivity index (χ1) is 51.7. The van der Waals surface area contributed by atoms with Crippen molar-refractivity contribution in [2.45, 2.75) is 341 Å². The molecule has 0 saturated heterocycles. The van der Waals surface area contributed by atoms with Gasteiger partial charge < -0.3 is 33.8 Å². The highest BCUT2D eigenvalue weighted by molar-refractivity contribution is 7.47. The number of carbonyl (C=O) groups excluding carboxylic acids is 4. The Bertz CT molecular complexity index is 2580. The summed E-state index contributed by atoms with van der Waals surface area (Å²) in [5.74, 6) is -2.36. The van der Waals surface area contributed by atoms with Crippen LogP contribution in [-0.2, 0) is 65.4 Å². The van der Waals surface area contributed by atoms with Crippen molar-refractivity contribution >= 4 is 39.5 Å². The van der Waals surface area contributed by atoms with Crippen LogP contribution in [0.5, 0.6) is 0 Å². The van der Waals surface area contributed by atoms with Crippen LogP contribution < -0.4 is 0 Å². The van der Waals surface area contributed by atoms with Crippen molar-refractivity contribution in [3.63, 3.8) is 0 Å². The van der Waals surface area contributed by atoms with E-state index in [1.165, 1.54) is 116 Å². The fourth-order valence-corrected chi connectivity index (χ4v) is 12.3. The van der Waals surface area contributed by atoms with Gasteiger partial charge in [0.05, 0.1) is 26.4 Å². The van der Waals surface area contributed by atoms with Crippen molar-refractivity contribution in [2.24, 2.45) is 0 Å². The molecule has 0 aromatic rings. The number of esters is 4. The van der Waals surface area contributed by atoms with E-state index in [1.807, 2.05) is 36.5 Å². The average Bonchev–Trinajstić information content (AvgIpc) is 0.937. The summed E-state index contributed by atoms with van der Waals surface area (Å²) in [5, 5.41) is 10.6. The molecule has 17 nitrogen and oxygen atoms in total. The second kappa shape index (κ2) is 78.1. The van der Waals surface area contributed by atoms with Gasteiger partial charge in [0.25, 0.3) is 0 Å². The molecule has 106 heavy (non-hydrogen) atoms. The van der Waals surface area contributed by atoms with Gasteiger partial charge in [0.15, 0.2) is 12.2 Å². The van der Waals surface area contributed by atoms with Crippen LogP contribution in [0.1, 0.15) is 323 Å². The predicted octanol–water partition coefficient (Wildman–Crippen LogP) is 24.2. The van der Waals surface area contributed by atoms with E-state index in [1.54, 1.807) is 0 Å². The molecule has 2 unspecified atom stereocenters. The van der Waals surface area contributed by atoms with Gasteiger partial charge in [0.2, 0.25) is 0 Å². The fraction of sp³-hybridized carbons (Fsp3) is 0.678. The smallest absolute Gasteiger partial charge is 0.462 e. The molecule has 0 heterocycles. The van der Waals surface area contributed by atoms with Crippen LogP contribution in [0.3, 0.4) is 0 Å². The van der Waals surface area contributed by atoms with Crippen molar-refractivity contribution < 1.29 is 80.2 Å². The summed E-state index contributed by atoms with van der Waals surface area (Å²) in [6, 6.07) is 0. The maximum absolute atomic E-state index is 13.1. The first-order valence-corrected chi connectivity index (χ1v) is 44.1. The maximum Gasteiger partial charge on any atom is 0.472 e. The van der Waals surface area contributed by atoms with Crippen LogP contribution in [0.15, 0.2) is 146 Å². The Labute approximate surface area is 643 Å². The number of rotatable bonds is 76. The number of carbonyl (C=O) groups is 4. The zero-order valence-electron chi connectivity index (χ0n) is 66.3. The lowest BCUT2D eigenvalue weighted by Crippen LogP contribution is -2.30. The number of hydrogen-bond acceptors (Lipinski definition) is 15. The van der Waals surface area contributed by atoms with Gasteiger partial charge in [-0.3, -0.25) is 37.3 Å². The van der Waals surface area contributed by atoms with Crippen molar-refractivity contribution in [1.29, 1.82) is 0 Å². The Morgan fingerprint density at radius 3 is 0.736 bits per heavy atom. The summed E-state index contributed by atoms with van der Waals surface area (Å²) in [6.45, 7) is 4.50. The van der Waals surface area contributed by atoms with E-state index in [9.17, 15) is 43.2 Å². The second-order valence-corrected chi connectivity index (χ2v) is 29.9. The highest BCUT2D eigenvalue weighted by atomic mass is 31.2. The summed E-state index contributed by atoms with van der Waals surface area (Å²) < 4.78 is 68.5. The summed E-state index contributed by atoms with van der Waals surface area (Å²) in [5.41, 5.74) is 0. The van der Waals surface area contributed by atoms with Gasteiger partial charge in [-0.25, -0.2) is 9.13 Å². The predicted molar refractivity (Wildman–Crippen MR) is 436 cm³/mol. The van der Waals surface area contributed by atoms with E-state index in [2.05, 4.69) is 137 Å². The summed E-state index contributed by atoms with van der Waals surface area (Å²) in [4.78, 5) is 73.0. The van der Waals surface area contributed by atoms with Crippen LogP contribution in [0.4, 0.5) is 0 Å². The average molecular weight is 1530 g/mol. The minimum absolute atomic E-state index is 0.0335. The molecule has 0 radical (unpaired) electrons. The van der Waals surface area contributed by atoms with E-state index >= 15 is 0 Å². The third kappa shape index (κ3) is 77.1. The third-order valence-electron chi connectivity index (χ3n) is 16.9. The number of aliphatic hydroxyl groups excluding tert-OH is 1. The Hall–Kier alpha value is -5.06. The van der Waals surface area contributed by atoms with Crippen LogP contribution >= 0.6 is 15.6 Å². The van der Waals surface area contributed by atoms with Crippen LogP contribution in [0.2, 0.25) is 0 Å². The third-order valence-corrected chi connectivity index (χ3v) is 18.8. The zero-order valence-corrected chi connectivity index (χ0v) is 68.1. The van der Waals surface area contributed by atoms with Gasteiger partial charge in [-0.05, 0) is 103 Å². The number of unbranched alkanes of at least 4 members (excludes halogenated alkanes) is 26. The van der Waals surface area contributed by atoms with Gasteiger partial charge in [-0.1, -0.05) is 340 Å². The number of phosphoric ester groups is 2. The number of hydrogen-bond donors (Lipinski definition) is 3.